The quantitative estimate of drug-likeness (QED) is 0.603. The lowest BCUT2D eigenvalue weighted by Crippen LogP contribution is -2.42. The summed E-state index contributed by atoms with van der Waals surface area (Å²) < 4.78 is 0. The molecule has 0 aromatic carbocycles. The van der Waals surface area contributed by atoms with Crippen molar-refractivity contribution in [3.8, 4) is 0 Å². The first-order valence-electron chi connectivity index (χ1n) is 5.61. The Hall–Kier alpha value is -1.10. The van der Waals surface area contributed by atoms with Crippen molar-refractivity contribution in [3.63, 3.8) is 0 Å². The lowest BCUT2D eigenvalue weighted by Gasteiger charge is -2.22. The van der Waals surface area contributed by atoms with E-state index >= 15 is 0 Å². The fourth-order valence-electron chi connectivity index (χ4n) is 1.52. The normalized spacial score (nSPS) is 12.3. The first kappa shape index (κ1) is 14.9. The van der Waals surface area contributed by atoms with Gasteiger partial charge < -0.3 is 10.6 Å². The maximum atomic E-state index is 11.5. The number of likely N-dealkylation sites (N-methyl/N-ethyl adjacent to an activating group) is 2. The number of hydrogen-bond donors (Lipinski definition) is 2. The van der Waals surface area contributed by atoms with Gasteiger partial charge in [-0.2, -0.15) is 0 Å². The van der Waals surface area contributed by atoms with E-state index in [-0.39, 0.29) is 17.9 Å². The van der Waals surface area contributed by atoms with Crippen LogP contribution in [0, 0.1) is 0 Å². The molecule has 0 aromatic rings. The molecule has 0 aliphatic heterocycles. The maximum absolute atomic E-state index is 11.5. The van der Waals surface area contributed by atoms with Gasteiger partial charge in [0.25, 0.3) is 0 Å². The lowest BCUT2D eigenvalue weighted by atomic mass is 10.1. The van der Waals surface area contributed by atoms with Crippen LogP contribution >= 0.6 is 0 Å². The van der Waals surface area contributed by atoms with Gasteiger partial charge in [0, 0.05) is 20.5 Å². The Balaban J connectivity index is 3.77. The fraction of sp³-hybridized carbons (Fsp3) is 0.818. The number of nitrogens with zero attached hydrogens (tertiary/aromatic N) is 1. The van der Waals surface area contributed by atoms with Crippen molar-refractivity contribution in [2.75, 3.05) is 27.7 Å². The minimum atomic E-state index is -0.0812. The van der Waals surface area contributed by atoms with E-state index in [1.165, 1.54) is 6.92 Å². The standard InChI is InChI=1S/C11H23N3O2/c1-9(15)13-8-6-5-7-10(14(3)4)11(16)12-2/h10H,5-8H2,1-4H3,(H,12,16)(H,13,15). The number of carbonyl (C=O) groups is 2. The molecule has 1 atom stereocenters. The minimum absolute atomic E-state index is 0.00420. The Bertz CT molecular complexity index is 229. The van der Waals surface area contributed by atoms with Crippen molar-refractivity contribution >= 4 is 11.8 Å². The van der Waals surface area contributed by atoms with Crippen LogP contribution < -0.4 is 10.6 Å². The molecule has 0 fully saturated rings. The smallest absolute Gasteiger partial charge is 0.237 e. The highest BCUT2D eigenvalue weighted by Crippen LogP contribution is 2.05. The van der Waals surface area contributed by atoms with Crippen LogP contribution in [0.15, 0.2) is 0 Å². The number of nitrogens with one attached hydrogen (secondary N) is 2. The van der Waals surface area contributed by atoms with Crippen molar-refractivity contribution in [1.82, 2.24) is 15.5 Å². The number of carbonyl (C=O) groups excluding carboxylic acids is 2. The van der Waals surface area contributed by atoms with Crippen molar-refractivity contribution in [1.29, 1.82) is 0 Å². The van der Waals surface area contributed by atoms with Gasteiger partial charge in [-0.1, -0.05) is 0 Å². The molecule has 0 aliphatic rings. The Morgan fingerprint density at radius 1 is 1.25 bits per heavy atom. The SMILES string of the molecule is CNC(=O)C(CCCCNC(C)=O)N(C)C. The van der Waals surface area contributed by atoms with E-state index in [9.17, 15) is 9.59 Å². The molecule has 2 amide bonds. The Kier molecular flexibility index (Phi) is 7.54. The first-order valence-corrected chi connectivity index (χ1v) is 5.61. The number of amides is 2. The molecule has 94 valence electrons. The monoisotopic (exact) mass is 229 g/mol. The second kappa shape index (κ2) is 8.10. The average Bonchev–Trinajstić information content (AvgIpc) is 2.21. The van der Waals surface area contributed by atoms with Crippen LogP contribution in [-0.2, 0) is 9.59 Å². The Morgan fingerprint density at radius 3 is 2.31 bits per heavy atom. The second-order valence-electron chi connectivity index (χ2n) is 4.07. The summed E-state index contributed by atoms with van der Waals surface area (Å²) in [4.78, 5) is 24.0. The predicted molar refractivity (Wildman–Crippen MR) is 64.1 cm³/mol. The summed E-state index contributed by atoms with van der Waals surface area (Å²) in [5.74, 6) is 0.0417. The van der Waals surface area contributed by atoms with Crippen molar-refractivity contribution in [2.24, 2.45) is 0 Å². The molecule has 0 saturated carbocycles. The molecule has 0 aromatic heterocycles. The molecule has 0 saturated heterocycles. The molecule has 0 heterocycles. The van der Waals surface area contributed by atoms with Crippen LogP contribution in [0.4, 0.5) is 0 Å². The molecule has 2 N–H and O–H groups in total. The van der Waals surface area contributed by atoms with Crippen LogP contribution in [0.5, 0.6) is 0 Å². The zero-order chi connectivity index (χ0) is 12.6. The summed E-state index contributed by atoms with van der Waals surface area (Å²) >= 11 is 0. The van der Waals surface area contributed by atoms with Gasteiger partial charge in [0.1, 0.15) is 0 Å². The molecule has 5 nitrogen and oxygen atoms in total. The molecule has 0 radical (unpaired) electrons. The van der Waals surface area contributed by atoms with E-state index in [0.717, 1.165) is 19.3 Å². The van der Waals surface area contributed by atoms with E-state index in [2.05, 4.69) is 10.6 Å². The van der Waals surface area contributed by atoms with E-state index in [0.29, 0.717) is 6.54 Å². The minimum Gasteiger partial charge on any atom is -0.358 e. The van der Waals surface area contributed by atoms with Crippen molar-refractivity contribution < 1.29 is 9.59 Å². The van der Waals surface area contributed by atoms with Crippen LogP contribution in [0.2, 0.25) is 0 Å². The first-order chi connectivity index (χ1) is 7.49. The molecule has 0 bridgehead atoms. The van der Waals surface area contributed by atoms with Gasteiger partial charge in [-0.25, -0.2) is 0 Å². The van der Waals surface area contributed by atoms with Gasteiger partial charge in [-0.3, -0.25) is 14.5 Å². The number of rotatable bonds is 7. The van der Waals surface area contributed by atoms with Gasteiger partial charge in [0.2, 0.25) is 11.8 Å². The van der Waals surface area contributed by atoms with Crippen LogP contribution in [0.1, 0.15) is 26.2 Å². The van der Waals surface area contributed by atoms with Gasteiger partial charge >= 0.3 is 0 Å². The summed E-state index contributed by atoms with van der Waals surface area (Å²) in [6.07, 6.45) is 2.64. The fourth-order valence-corrected chi connectivity index (χ4v) is 1.52. The lowest BCUT2D eigenvalue weighted by molar-refractivity contribution is -0.125. The molecule has 16 heavy (non-hydrogen) atoms. The maximum Gasteiger partial charge on any atom is 0.237 e. The third-order valence-corrected chi connectivity index (χ3v) is 2.45. The summed E-state index contributed by atoms with van der Waals surface area (Å²) in [5.41, 5.74) is 0. The topological polar surface area (TPSA) is 61.4 Å². The van der Waals surface area contributed by atoms with E-state index in [1.807, 2.05) is 19.0 Å². The van der Waals surface area contributed by atoms with Crippen LogP contribution in [0.25, 0.3) is 0 Å². The van der Waals surface area contributed by atoms with E-state index < -0.39 is 0 Å². The third-order valence-electron chi connectivity index (χ3n) is 2.45. The highest BCUT2D eigenvalue weighted by atomic mass is 16.2. The average molecular weight is 229 g/mol. The highest BCUT2D eigenvalue weighted by molar-refractivity contribution is 5.81. The third kappa shape index (κ3) is 6.40. The summed E-state index contributed by atoms with van der Waals surface area (Å²) in [5, 5.41) is 5.39. The molecule has 0 rings (SSSR count). The van der Waals surface area contributed by atoms with E-state index in [1.54, 1.807) is 7.05 Å². The zero-order valence-electron chi connectivity index (χ0n) is 10.7. The van der Waals surface area contributed by atoms with Crippen LogP contribution in [0.3, 0.4) is 0 Å². The Morgan fingerprint density at radius 2 is 1.88 bits per heavy atom. The molecular weight excluding hydrogens is 206 g/mol. The van der Waals surface area contributed by atoms with Gasteiger partial charge in [0.05, 0.1) is 6.04 Å². The number of hydrogen-bond acceptors (Lipinski definition) is 3. The van der Waals surface area contributed by atoms with E-state index in [4.69, 9.17) is 0 Å². The molecular formula is C11H23N3O2. The number of unbranched alkanes of at least 4 members (excludes halogenated alkanes) is 1. The predicted octanol–water partition coefficient (Wildman–Crippen LogP) is -0.0310. The van der Waals surface area contributed by atoms with Crippen molar-refractivity contribution in [2.45, 2.75) is 32.2 Å². The summed E-state index contributed by atoms with van der Waals surface area (Å²) in [6, 6.07) is -0.0812. The van der Waals surface area contributed by atoms with Gasteiger partial charge in [-0.05, 0) is 33.4 Å². The van der Waals surface area contributed by atoms with Gasteiger partial charge in [0.15, 0.2) is 0 Å². The van der Waals surface area contributed by atoms with Gasteiger partial charge in [-0.15, -0.1) is 0 Å². The zero-order valence-corrected chi connectivity index (χ0v) is 10.7. The molecule has 0 aliphatic carbocycles. The second-order valence-corrected chi connectivity index (χ2v) is 4.07. The highest BCUT2D eigenvalue weighted by Gasteiger charge is 2.18. The van der Waals surface area contributed by atoms with Crippen molar-refractivity contribution in [3.05, 3.63) is 0 Å². The Labute approximate surface area is 97.6 Å². The molecule has 1 unspecified atom stereocenters. The molecule has 5 heteroatoms. The summed E-state index contributed by atoms with van der Waals surface area (Å²) in [7, 11) is 5.44. The summed E-state index contributed by atoms with van der Waals surface area (Å²) in [6.45, 7) is 2.19. The van der Waals surface area contributed by atoms with Crippen LogP contribution in [-0.4, -0.2) is 50.4 Å². The largest absolute Gasteiger partial charge is 0.358 e. The molecule has 0 spiro atoms.